The molecule has 13 heteroatoms. The minimum atomic E-state index is -4.62. The monoisotopic (exact) mass is 691 g/mol. The Morgan fingerprint density at radius 2 is 1.67 bits per heavy atom. The Kier molecular flexibility index (Phi) is 11.7. The second kappa shape index (κ2) is 15.7. The number of aliphatic carboxylic acids is 1. The van der Waals surface area contributed by atoms with Gasteiger partial charge in [-0.15, -0.1) is 0 Å². The van der Waals surface area contributed by atoms with E-state index in [1.165, 1.54) is 31.2 Å². The van der Waals surface area contributed by atoms with Crippen LogP contribution < -0.4 is 9.04 Å². The molecule has 0 aromatic heterocycles. The molecule has 4 aromatic rings. The van der Waals surface area contributed by atoms with E-state index in [1.807, 2.05) is 39.0 Å². The number of anilines is 1. The first-order valence-corrected chi connectivity index (χ1v) is 17.0. The number of carbonyl (C=O) groups is 2. The fraction of sp³-hybridized carbons (Fsp3) is 0.278. The standard InChI is InChI=1S/C36H38FN3O8S/c1-5-38(26(4)41)17-18-48-31-19-24(2)36(25(3)20-31)29-10-8-9-27(21-29)23-39(30-15-13-28(32(37)22-30)14-16-35(42)43)49(46,47)34-12-7-6-11-33(34)40(44)45/h6-13,15,19-22H,5,14,16-18,23H2,1-4H3,(H,42,43). The highest BCUT2D eigenvalue weighted by Crippen LogP contribution is 2.35. The number of ether oxygens (including phenoxy) is 1. The summed E-state index contributed by atoms with van der Waals surface area (Å²) >= 11 is 0. The van der Waals surface area contributed by atoms with Gasteiger partial charge in [-0.3, -0.25) is 24.0 Å². The van der Waals surface area contributed by atoms with E-state index in [1.54, 1.807) is 23.1 Å². The lowest BCUT2D eigenvalue weighted by molar-refractivity contribution is -0.387. The SMILES string of the molecule is CCN(CCOc1cc(C)c(-c2cccc(CN(c3ccc(CCC(=O)O)c(F)c3)S(=O)(=O)c3ccccc3[N+](=O)[O-])c2)c(C)c1)C(C)=O. The van der Waals surface area contributed by atoms with Crippen LogP contribution in [0.2, 0.25) is 0 Å². The molecule has 0 radical (unpaired) electrons. The Morgan fingerprint density at radius 3 is 2.29 bits per heavy atom. The lowest BCUT2D eigenvalue weighted by Crippen LogP contribution is -2.32. The third-order valence-electron chi connectivity index (χ3n) is 8.07. The molecular weight excluding hydrogens is 653 g/mol. The summed E-state index contributed by atoms with van der Waals surface area (Å²) in [6.07, 6.45) is -0.414. The summed E-state index contributed by atoms with van der Waals surface area (Å²) < 4.78 is 50.4. The van der Waals surface area contributed by atoms with E-state index in [-0.39, 0.29) is 36.5 Å². The Balaban J connectivity index is 1.71. The average Bonchev–Trinajstić information content (AvgIpc) is 3.04. The van der Waals surface area contributed by atoms with Crippen molar-refractivity contribution in [2.24, 2.45) is 0 Å². The van der Waals surface area contributed by atoms with Crippen molar-refractivity contribution in [1.29, 1.82) is 0 Å². The van der Waals surface area contributed by atoms with Gasteiger partial charge in [-0.05, 0) is 97.0 Å². The predicted octanol–water partition coefficient (Wildman–Crippen LogP) is 6.68. The maximum Gasteiger partial charge on any atom is 0.303 e. The van der Waals surface area contributed by atoms with Gasteiger partial charge in [-0.2, -0.15) is 0 Å². The molecule has 0 aliphatic heterocycles. The number of hydrogen-bond acceptors (Lipinski definition) is 7. The van der Waals surface area contributed by atoms with Crippen LogP contribution in [0.25, 0.3) is 11.1 Å². The molecule has 0 atom stereocenters. The molecular formula is C36H38FN3O8S. The molecule has 1 N–H and O–H groups in total. The number of aryl methyl sites for hydroxylation is 3. The van der Waals surface area contributed by atoms with Crippen molar-refractivity contribution in [3.8, 4) is 16.9 Å². The summed E-state index contributed by atoms with van der Waals surface area (Å²) in [5, 5.41) is 20.8. The van der Waals surface area contributed by atoms with Gasteiger partial charge in [0.25, 0.3) is 15.7 Å². The van der Waals surface area contributed by atoms with Crippen LogP contribution in [0.1, 0.15) is 42.5 Å². The summed E-state index contributed by atoms with van der Waals surface area (Å²) in [7, 11) is -4.62. The fourth-order valence-corrected chi connectivity index (χ4v) is 7.27. The summed E-state index contributed by atoms with van der Waals surface area (Å²) in [5.74, 6) is -1.29. The number of hydrogen-bond donors (Lipinski definition) is 1. The summed E-state index contributed by atoms with van der Waals surface area (Å²) in [5.41, 5.74) is 3.39. The second-order valence-corrected chi connectivity index (χ2v) is 13.3. The number of carboxylic acid groups (broad SMARTS) is 1. The van der Waals surface area contributed by atoms with Crippen molar-refractivity contribution in [2.45, 2.75) is 52.0 Å². The number of benzene rings is 4. The first kappa shape index (κ1) is 36.5. The molecule has 11 nitrogen and oxygen atoms in total. The van der Waals surface area contributed by atoms with Gasteiger partial charge in [0, 0.05) is 26.0 Å². The van der Waals surface area contributed by atoms with Crippen LogP contribution in [0.5, 0.6) is 5.75 Å². The Morgan fingerprint density at radius 1 is 0.980 bits per heavy atom. The quantitative estimate of drug-likeness (QED) is 0.107. The smallest absolute Gasteiger partial charge is 0.303 e. The van der Waals surface area contributed by atoms with Crippen LogP contribution in [-0.2, 0) is 32.6 Å². The van der Waals surface area contributed by atoms with Gasteiger partial charge < -0.3 is 14.7 Å². The number of carbonyl (C=O) groups excluding carboxylic acids is 1. The minimum absolute atomic E-state index is 0.0278. The molecule has 0 bridgehead atoms. The van der Waals surface area contributed by atoms with Crippen molar-refractivity contribution in [1.82, 2.24) is 4.90 Å². The number of nitro groups is 1. The molecule has 0 aliphatic rings. The maximum absolute atomic E-state index is 15.2. The van der Waals surface area contributed by atoms with E-state index in [0.717, 1.165) is 44.8 Å². The zero-order valence-electron chi connectivity index (χ0n) is 27.7. The van der Waals surface area contributed by atoms with Gasteiger partial charge in [-0.1, -0.05) is 36.4 Å². The number of nitrogens with zero attached hydrogens (tertiary/aromatic N) is 3. The number of sulfonamides is 1. The Hall–Kier alpha value is -5.30. The van der Waals surface area contributed by atoms with Crippen molar-refractivity contribution < 1.29 is 37.2 Å². The van der Waals surface area contributed by atoms with E-state index in [9.17, 15) is 28.1 Å². The average molecular weight is 692 g/mol. The van der Waals surface area contributed by atoms with Gasteiger partial charge in [0.1, 0.15) is 18.2 Å². The molecule has 0 spiro atoms. The van der Waals surface area contributed by atoms with Crippen LogP contribution >= 0.6 is 0 Å². The number of halogens is 1. The molecule has 0 heterocycles. The topological polar surface area (TPSA) is 147 Å². The van der Waals surface area contributed by atoms with Crippen LogP contribution in [0.4, 0.5) is 15.8 Å². The van der Waals surface area contributed by atoms with E-state index in [2.05, 4.69) is 0 Å². The third-order valence-corrected chi connectivity index (χ3v) is 9.89. The molecule has 0 unspecified atom stereocenters. The molecule has 0 fully saturated rings. The molecule has 258 valence electrons. The van der Waals surface area contributed by atoms with Crippen molar-refractivity contribution in [3.63, 3.8) is 0 Å². The highest BCUT2D eigenvalue weighted by Gasteiger charge is 2.32. The lowest BCUT2D eigenvalue weighted by atomic mass is 9.94. The number of likely N-dealkylation sites (N-methyl/N-ethyl adjacent to an activating group) is 1. The molecule has 0 saturated heterocycles. The lowest BCUT2D eigenvalue weighted by Gasteiger charge is -2.25. The fourth-order valence-electron chi connectivity index (χ4n) is 5.66. The van der Waals surface area contributed by atoms with Gasteiger partial charge in [-0.25, -0.2) is 12.8 Å². The zero-order valence-corrected chi connectivity index (χ0v) is 28.5. The summed E-state index contributed by atoms with van der Waals surface area (Å²) in [6, 6.07) is 19.6. The Bertz CT molecular complexity index is 1960. The Labute approximate surface area is 284 Å². The first-order valence-electron chi connectivity index (χ1n) is 15.6. The summed E-state index contributed by atoms with van der Waals surface area (Å²) in [4.78, 5) is 34.9. The van der Waals surface area contributed by atoms with Crippen molar-refractivity contribution in [3.05, 3.63) is 117 Å². The highest BCUT2D eigenvalue weighted by atomic mass is 32.2. The van der Waals surface area contributed by atoms with Gasteiger partial charge in [0.05, 0.1) is 23.7 Å². The molecule has 4 rings (SSSR count). The van der Waals surface area contributed by atoms with E-state index >= 15 is 4.39 Å². The van der Waals surface area contributed by atoms with Crippen LogP contribution in [0.15, 0.2) is 83.8 Å². The van der Waals surface area contributed by atoms with Crippen LogP contribution in [0.3, 0.4) is 0 Å². The van der Waals surface area contributed by atoms with E-state index in [0.29, 0.717) is 31.0 Å². The van der Waals surface area contributed by atoms with Crippen molar-refractivity contribution in [2.75, 3.05) is 24.0 Å². The number of rotatable bonds is 15. The molecule has 1 amide bonds. The third kappa shape index (κ3) is 8.79. The predicted molar refractivity (Wildman–Crippen MR) is 184 cm³/mol. The normalized spacial score (nSPS) is 11.2. The first-order chi connectivity index (χ1) is 23.2. The van der Waals surface area contributed by atoms with Crippen LogP contribution in [-0.4, -0.2) is 54.9 Å². The molecule has 4 aromatic carbocycles. The number of amides is 1. The van der Waals surface area contributed by atoms with E-state index in [4.69, 9.17) is 9.84 Å². The molecule has 49 heavy (non-hydrogen) atoms. The van der Waals surface area contributed by atoms with Crippen molar-refractivity contribution >= 4 is 33.3 Å². The molecule has 0 saturated carbocycles. The zero-order chi connectivity index (χ0) is 35.9. The number of nitro benzene ring substituents is 1. The maximum atomic E-state index is 15.2. The highest BCUT2D eigenvalue weighted by molar-refractivity contribution is 7.93. The summed E-state index contributed by atoms with van der Waals surface area (Å²) in [6.45, 7) is 8.34. The molecule has 0 aliphatic carbocycles. The van der Waals surface area contributed by atoms with Gasteiger partial charge in [0.2, 0.25) is 5.91 Å². The second-order valence-electron chi connectivity index (χ2n) is 11.5. The number of para-hydroxylation sites is 1. The minimum Gasteiger partial charge on any atom is -0.492 e. The van der Waals surface area contributed by atoms with Gasteiger partial charge >= 0.3 is 5.97 Å². The number of carboxylic acids is 1. The van der Waals surface area contributed by atoms with Crippen LogP contribution in [0, 0.1) is 29.8 Å². The largest absolute Gasteiger partial charge is 0.492 e. The van der Waals surface area contributed by atoms with E-state index < -0.39 is 37.3 Å². The van der Waals surface area contributed by atoms with Gasteiger partial charge in [0.15, 0.2) is 4.90 Å².